The van der Waals surface area contributed by atoms with Crippen LogP contribution in [0.25, 0.3) is 0 Å². The van der Waals surface area contributed by atoms with Crippen LogP contribution in [0.2, 0.25) is 0 Å². The molecule has 0 saturated carbocycles. The molecule has 2 nitrogen and oxygen atoms in total. The average molecular weight is 171 g/mol. The molecule has 0 bridgehead atoms. The molecule has 0 fully saturated rings. The largest absolute Gasteiger partial charge is 0.465 e. The second-order valence-electron chi connectivity index (χ2n) is 2.03. The van der Waals surface area contributed by atoms with Gasteiger partial charge in [0.25, 0.3) is 0 Å². The second-order valence-corrected chi connectivity index (χ2v) is 2.03. The number of carbonyl (C=O) groups is 1. The fourth-order valence-corrected chi connectivity index (χ4v) is 0.707. The Labute approximate surface area is 67.8 Å². The van der Waals surface area contributed by atoms with Crippen molar-refractivity contribution in [3.8, 4) is 0 Å². The van der Waals surface area contributed by atoms with Crippen LogP contribution in [-0.4, -0.2) is 13.1 Å². The van der Waals surface area contributed by atoms with Crippen molar-refractivity contribution in [1.29, 1.82) is 0 Å². The number of benzene rings is 1. The number of methoxy groups -OCH3 is 1. The predicted octanol–water partition coefficient (Wildman–Crippen LogP) is 1.55. The highest BCUT2D eigenvalue weighted by molar-refractivity contribution is 5.89. The number of hydrogen-bond donors (Lipinski definition) is 0. The van der Waals surface area contributed by atoms with E-state index in [-0.39, 0.29) is 5.56 Å². The number of carbonyl (C=O) groups excluding carboxylic acids is 1. The van der Waals surface area contributed by atoms with E-state index in [1.165, 1.54) is 0 Å². The Balaban J connectivity index is 3.09. The van der Waals surface area contributed by atoms with E-state index >= 15 is 0 Å². The van der Waals surface area contributed by atoms with Gasteiger partial charge < -0.3 is 4.74 Å². The molecule has 0 amide bonds. The summed E-state index contributed by atoms with van der Waals surface area (Å²) in [5.74, 6) is -2.64. The van der Waals surface area contributed by atoms with Crippen LogP contribution < -0.4 is 0 Å². The van der Waals surface area contributed by atoms with Crippen molar-refractivity contribution in [3.05, 3.63) is 35.4 Å². The fraction of sp³-hybridized carbons (Fsp3) is 0.125. The molecule has 1 aromatic rings. The van der Waals surface area contributed by atoms with Gasteiger partial charge in [-0.05, 0) is 6.07 Å². The van der Waals surface area contributed by atoms with Crippen molar-refractivity contribution in [2.45, 2.75) is 0 Å². The van der Waals surface area contributed by atoms with E-state index in [1.807, 2.05) is 6.07 Å². The number of hydrogen-bond acceptors (Lipinski definition) is 2. The molecule has 1 aromatic carbocycles. The van der Waals surface area contributed by atoms with Crippen LogP contribution in [0.15, 0.2) is 12.1 Å². The lowest BCUT2D eigenvalue weighted by molar-refractivity contribution is 0.0595. The molecule has 0 aliphatic heterocycles. The first-order valence-electron chi connectivity index (χ1n) is 3.10. The van der Waals surface area contributed by atoms with Gasteiger partial charge in [0.05, 0.1) is 12.7 Å². The zero-order valence-electron chi connectivity index (χ0n) is 6.23. The van der Waals surface area contributed by atoms with Crippen molar-refractivity contribution in [2.75, 3.05) is 7.11 Å². The third kappa shape index (κ3) is 1.58. The Bertz CT molecular complexity index is 310. The molecule has 0 spiro atoms. The summed E-state index contributed by atoms with van der Waals surface area (Å²) in [5.41, 5.74) is -0.320. The minimum absolute atomic E-state index is 0.320. The molecule has 0 aromatic heterocycles. The van der Waals surface area contributed by atoms with E-state index in [1.54, 1.807) is 0 Å². The maximum atomic E-state index is 12.7. The highest BCUT2D eigenvalue weighted by Crippen LogP contribution is 2.09. The SMILES string of the molecule is COC(=O)c1c[c]c(F)cc1F. The predicted molar refractivity (Wildman–Crippen MR) is 36.5 cm³/mol. The summed E-state index contributed by atoms with van der Waals surface area (Å²) in [6.45, 7) is 0. The van der Waals surface area contributed by atoms with Gasteiger partial charge in [-0.1, -0.05) is 0 Å². The van der Waals surface area contributed by atoms with Gasteiger partial charge in [-0.15, -0.1) is 0 Å². The number of halogens is 2. The van der Waals surface area contributed by atoms with E-state index in [0.29, 0.717) is 6.07 Å². The maximum absolute atomic E-state index is 12.7. The molecule has 0 N–H and O–H groups in total. The minimum atomic E-state index is -0.946. The lowest BCUT2D eigenvalue weighted by atomic mass is 10.2. The zero-order chi connectivity index (χ0) is 9.14. The number of rotatable bonds is 1. The van der Waals surface area contributed by atoms with Crippen molar-refractivity contribution in [1.82, 2.24) is 0 Å². The maximum Gasteiger partial charge on any atom is 0.340 e. The highest BCUT2D eigenvalue weighted by Gasteiger charge is 2.11. The molecule has 0 aliphatic rings. The molecule has 4 heteroatoms. The first kappa shape index (κ1) is 8.64. The van der Waals surface area contributed by atoms with Gasteiger partial charge in [0.1, 0.15) is 11.6 Å². The van der Waals surface area contributed by atoms with E-state index in [4.69, 9.17) is 0 Å². The molecule has 0 unspecified atom stereocenters. The molecule has 0 heterocycles. The van der Waals surface area contributed by atoms with Gasteiger partial charge in [-0.25, -0.2) is 13.6 Å². The van der Waals surface area contributed by atoms with Gasteiger partial charge in [0.2, 0.25) is 0 Å². The monoisotopic (exact) mass is 171 g/mol. The van der Waals surface area contributed by atoms with E-state index in [9.17, 15) is 13.6 Å². The van der Waals surface area contributed by atoms with E-state index in [2.05, 4.69) is 4.74 Å². The average Bonchev–Trinajstić information content (AvgIpc) is 2.03. The molecular formula is C8H5F2O2. The minimum Gasteiger partial charge on any atom is -0.465 e. The Morgan fingerprint density at radius 3 is 2.75 bits per heavy atom. The Morgan fingerprint density at radius 1 is 1.58 bits per heavy atom. The summed E-state index contributed by atoms with van der Waals surface area (Å²) in [4.78, 5) is 10.7. The standard InChI is InChI=1S/C8H5F2O2/c1-12-8(11)6-3-2-5(9)4-7(6)10/h3-4H,1H3. The van der Waals surface area contributed by atoms with Crippen molar-refractivity contribution < 1.29 is 18.3 Å². The van der Waals surface area contributed by atoms with Gasteiger partial charge in [-0.2, -0.15) is 0 Å². The summed E-state index contributed by atoms with van der Waals surface area (Å²) < 4.78 is 29.2. The van der Waals surface area contributed by atoms with Crippen molar-refractivity contribution in [3.63, 3.8) is 0 Å². The topological polar surface area (TPSA) is 26.3 Å². The molecular weight excluding hydrogens is 166 g/mol. The van der Waals surface area contributed by atoms with E-state index in [0.717, 1.165) is 13.2 Å². The third-order valence-corrected chi connectivity index (χ3v) is 1.27. The number of ether oxygens (including phenoxy) is 1. The van der Waals surface area contributed by atoms with Crippen molar-refractivity contribution >= 4 is 5.97 Å². The molecule has 1 radical (unpaired) electrons. The molecule has 0 saturated heterocycles. The first-order chi connectivity index (χ1) is 5.65. The van der Waals surface area contributed by atoms with Crippen LogP contribution >= 0.6 is 0 Å². The van der Waals surface area contributed by atoms with Crippen molar-refractivity contribution in [2.24, 2.45) is 0 Å². The van der Waals surface area contributed by atoms with Crippen LogP contribution in [0.1, 0.15) is 10.4 Å². The van der Waals surface area contributed by atoms with Gasteiger partial charge in [0.15, 0.2) is 0 Å². The summed E-state index contributed by atoms with van der Waals surface area (Å²) in [7, 11) is 1.12. The molecule has 12 heavy (non-hydrogen) atoms. The number of esters is 1. The normalized spacial score (nSPS) is 9.58. The smallest absolute Gasteiger partial charge is 0.340 e. The summed E-state index contributed by atoms with van der Waals surface area (Å²) in [5, 5.41) is 0. The Morgan fingerprint density at radius 2 is 2.25 bits per heavy atom. The quantitative estimate of drug-likeness (QED) is 0.599. The van der Waals surface area contributed by atoms with Crippen LogP contribution in [0.5, 0.6) is 0 Å². The Kier molecular flexibility index (Phi) is 2.38. The van der Waals surface area contributed by atoms with Crippen LogP contribution in [0.3, 0.4) is 0 Å². The first-order valence-corrected chi connectivity index (χ1v) is 3.10. The lowest BCUT2D eigenvalue weighted by Crippen LogP contribution is -2.04. The Hall–Kier alpha value is -1.45. The second kappa shape index (κ2) is 3.30. The summed E-state index contributed by atoms with van der Waals surface area (Å²) in [6, 6.07) is 3.54. The van der Waals surface area contributed by atoms with Gasteiger partial charge in [-0.3, -0.25) is 0 Å². The molecule has 0 aliphatic carbocycles. The van der Waals surface area contributed by atoms with Gasteiger partial charge >= 0.3 is 5.97 Å². The highest BCUT2D eigenvalue weighted by atomic mass is 19.1. The third-order valence-electron chi connectivity index (χ3n) is 1.27. The summed E-state index contributed by atoms with van der Waals surface area (Å²) >= 11 is 0. The molecule has 1 rings (SSSR count). The van der Waals surface area contributed by atoms with Crippen LogP contribution in [0, 0.1) is 17.7 Å². The fourth-order valence-electron chi connectivity index (χ4n) is 0.707. The summed E-state index contributed by atoms with van der Waals surface area (Å²) in [6.07, 6.45) is 0. The van der Waals surface area contributed by atoms with Crippen LogP contribution in [0.4, 0.5) is 8.78 Å². The molecule has 0 atom stereocenters. The van der Waals surface area contributed by atoms with E-state index < -0.39 is 17.6 Å². The lowest BCUT2D eigenvalue weighted by Gasteiger charge is -1.99. The molecule has 63 valence electrons. The zero-order valence-corrected chi connectivity index (χ0v) is 6.23. The van der Waals surface area contributed by atoms with Crippen LogP contribution in [-0.2, 0) is 4.74 Å². The van der Waals surface area contributed by atoms with Gasteiger partial charge in [0, 0.05) is 12.1 Å².